The molecule has 0 saturated heterocycles. The van der Waals surface area contributed by atoms with E-state index in [0.29, 0.717) is 17.4 Å². The van der Waals surface area contributed by atoms with Gasteiger partial charge in [0.25, 0.3) is 0 Å². The maximum absolute atomic E-state index is 9.10. The fourth-order valence-corrected chi connectivity index (χ4v) is 2.34. The van der Waals surface area contributed by atoms with Gasteiger partial charge in [-0.25, -0.2) is 5.48 Å². The molecular weight excluding hydrogens is 162 g/mol. The molecule has 0 bridgehead atoms. The molecule has 2 nitrogen and oxygen atoms in total. The lowest BCUT2D eigenvalue weighted by Gasteiger charge is -2.29. The van der Waals surface area contributed by atoms with E-state index >= 15 is 0 Å². The third-order valence-electron chi connectivity index (χ3n) is 2.97. The lowest BCUT2D eigenvalue weighted by atomic mass is 9.83. The highest BCUT2D eigenvalue weighted by Crippen LogP contribution is 2.33. The summed E-state index contributed by atoms with van der Waals surface area (Å²) in [6.07, 6.45) is 6.32. The van der Waals surface area contributed by atoms with Gasteiger partial charge in [-0.1, -0.05) is 33.6 Å². The van der Waals surface area contributed by atoms with Gasteiger partial charge in [0.2, 0.25) is 0 Å². The lowest BCUT2D eigenvalue weighted by Crippen LogP contribution is -2.36. The van der Waals surface area contributed by atoms with E-state index < -0.39 is 0 Å². The van der Waals surface area contributed by atoms with Gasteiger partial charge in [-0.2, -0.15) is 0 Å². The Labute approximate surface area is 81.7 Å². The summed E-state index contributed by atoms with van der Waals surface area (Å²) in [4.78, 5) is 0. The molecule has 1 fully saturated rings. The van der Waals surface area contributed by atoms with Crippen molar-refractivity contribution in [2.45, 2.75) is 58.9 Å². The fraction of sp³-hybridized carbons (Fsp3) is 1.00. The van der Waals surface area contributed by atoms with Gasteiger partial charge in [0.1, 0.15) is 0 Å². The number of hydrogen-bond acceptors (Lipinski definition) is 2. The largest absolute Gasteiger partial charge is 0.317 e. The summed E-state index contributed by atoms with van der Waals surface area (Å²) in [6, 6.07) is 0.308. The van der Waals surface area contributed by atoms with E-state index in [0.717, 1.165) is 6.42 Å². The van der Waals surface area contributed by atoms with Gasteiger partial charge in [0.05, 0.1) is 0 Å². The van der Waals surface area contributed by atoms with Crippen molar-refractivity contribution in [2.75, 3.05) is 0 Å². The molecule has 0 heterocycles. The first-order valence-corrected chi connectivity index (χ1v) is 5.42. The highest BCUT2D eigenvalue weighted by atomic mass is 16.5. The number of hydrogen-bond donors (Lipinski definition) is 2. The fourth-order valence-electron chi connectivity index (χ4n) is 2.34. The summed E-state index contributed by atoms with van der Waals surface area (Å²) in [6.45, 7) is 6.69. The molecule has 0 spiro atoms. The smallest absolute Gasteiger partial charge is 0.0352 e. The average molecular weight is 185 g/mol. The van der Waals surface area contributed by atoms with Crippen molar-refractivity contribution in [3.8, 4) is 0 Å². The van der Waals surface area contributed by atoms with Gasteiger partial charge in [-0.05, 0) is 30.6 Å². The second-order valence-corrected chi connectivity index (χ2v) is 5.54. The van der Waals surface area contributed by atoms with E-state index in [2.05, 4.69) is 26.3 Å². The van der Waals surface area contributed by atoms with Gasteiger partial charge < -0.3 is 5.21 Å². The predicted molar refractivity (Wildman–Crippen MR) is 54.7 cm³/mol. The van der Waals surface area contributed by atoms with Gasteiger partial charge >= 0.3 is 0 Å². The zero-order chi connectivity index (χ0) is 9.90. The standard InChI is InChI=1S/C11H23NO/c1-11(2,3)8-10(12-13)9-6-4-5-7-9/h9-10,12-13H,4-8H2,1-3H3. The summed E-state index contributed by atoms with van der Waals surface area (Å²) in [5.41, 5.74) is 2.81. The van der Waals surface area contributed by atoms with E-state index in [4.69, 9.17) is 5.21 Å². The molecular formula is C11H23NO. The summed E-state index contributed by atoms with van der Waals surface area (Å²) in [7, 11) is 0. The Hall–Kier alpha value is -0.0800. The quantitative estimate of drug-likeness (QED) is 0.662. The Morgan fingerprint density at radius 2 is 1.85 bits per heavy atom. The zero-order valence-electron chi connectivity index (χ0n) is 9.14. The maximum atomic E-state index is 9.10. The first kappa shape index (κ1) is 11.0. The second-order valence-electron chi connectivity index (χ2n) is 5.54. The monoisotopic (exact) mass is 185 g/mol. The van der Waals surface area contributed by atoms with Crippen molar-refractivity contribution < 1.29 is 5.21 Å². The predicted octanol–water partition coefficient (Wildman–Crippen LogP) is 2.96. The van der Waals surface area contributed by atoms with Crippen LogP contribution in [-0.4, -0.2) is 11.2 Å². The lowest BCUT2D eigenvalue weighted by molar-refractivity contribution is 0.0744. The number of rotatable bonds is 3. The van der Waals surface area contributed by atoms with Crippen LogP contribution in [0.3, 0.4) is 0 Å². The van der Waals surface area contributed by atoms with E-state index in [9.17, 15) is 0 Å². The molecule has 1 rings (SSSR count). The van der Waals surface area contributed by atoms with Crippen molar-refractivity contribution >= 4 is 0 Å². The molecule has 0 aromatic heterocycles. The summed E-state index contributed by atoms with van der Waals surface area (Å²) >= 11 is 0. The van der Waals surface area contributed by atoms with E-state index in [1.807, 2.05) is 0 Å². The number of nitrogens with one attached hydrogen (secondary N) is 1. The van der Waals surface area contributed by atoms with Crippen LogP contribution in [-0.2, 0) is 0 Å². The van der Waals surface area contributed by atoms with Crippen LogP contribution in [0.25, 0.3) is 0 Å². The molecule has 0 aliphatic heterocycles. The third kappa shape index (κ3) is 3.65. The van der Waals surface area contributed by atoms with Crippen LogP contribution >= 0.6 is 0 Å². The van der Waals surface area contributed by atoms with Crippen molar-refractivity contribution in [3.63, 3.8) is 0 Å². The Balaban J connectivity index is 2.42. The summed E-state index contributed by atoms with van der Waals surface area (Å²) in [5.74, 6) is 0.698. The minimum Gasteiger partial charge on any atom is -0.317 e. The molecule has 0 radical (unpaired) electrons. The molecule has 1 aliphatic carbocycles. The van der Waals surface area contributed by atoms with Crippen LogP contribution in [0.4, 0.5) is 0 Å². The van der Waals surface area contributed by atoms with Crippen LogP contribution in [0.15, 0.2) is 0 Å². The van der Waals surface area contributed by atoms with Crippen molar-refractivity contribution in [1.82, 2.24) is 5.48 Å². The van der Waals surface area contributed by atoms with Crippen LogP contribution in [0.5, 0.6) is 0 Å². The topological polar surface area (TPSA) is 32.3 Å². The average Bonchev–Trinajstić information content (AvgIpc) is 2.50. The first-order chi connectivity index (χ1) is 6.03. The molecule has 1 saturated carbocycles. The normalized spacial score (nSPS) is 22.2. The molecule has 1 atom stereocenters. The van der Waals surface area contributed by atoms with E-state index in [1.54, 1.807) is 0 Å². The Morgan fingerprint density at radius 3 is 2.23 bits per heavy atom. The van der Waals surface area contributed by atoms with E-state index in [-0.39, 0.29) is 0 Å². The van der Waals surface area contributed by atoms with Gasteiger partial charge in [0.15, 0.2) is 0 Å². The Bertz CT molecular complexity index is 145. The molecule has 78 valence electrons. The van der Waals surface area contributed by atoms with Gasteiger partial charge in [0, 0.05) is 6.04 Å². The minimum atomic E-state index is 0.308. The number of hydroxylamine groups is 1. The van der Waals surface area contributed by atoms with Crippen LogP contribution in [0.1, 0.15) is 52.9 Å². The molecule has 0 aromatic rings. The molecule has 2 N–H and O–H groups in total. The third-order valence-corrected chi connectivity index (χ3v) is 2.97. The Morgan fingerprint density at radius 1 is 1.31 bits per heavy atom. The first-order valence-electron chi connectivity index (χ1n) is 5.42. The summed E-state index contributed by atoms with van der Waals surface area (Å²) in [5, 5.41) is 9.10. The summed E-state index contributed by atoms with van der Waals surface area (Å²) < 4.78 is 0. The zero-order valence-corrected chi connectivity index (χ0v) is 9.14. The second kappa shape index (κ2) is 4.43. The van der Waals surface area contributed by atoms with Gasteiger partial charge in [-0.3, -0.25) is 0 Å². The van der Waals surface area contributed by atoms with E-state index in [1.165, 1.54) is 25.7 Å². The van der Waals surface area contributed by atoms with Crippen molar-refractivity contribution in [3.05, 3.63) is 0 Å². The SMILES string of the molecule is CC(C)(C)CC(NO)C1CCCC1. The van der Waals surface area contributed by atoms with Gasteiger partial charge in [-0.15, -0.1) is 0 Å². The van der Waals surface area contributed by atoms with Crippen LogP contribution in [0.2, 0.25) is 0 Å². The van der Waals surface area contributed by atoms with Crippen molar-refractivity contribution in [1.29, 1.82) is 0 Å². The Kier molecular flexibility index (Phi) is 3.74. The van der Waals surface area contributed by atoms with Crippen LogP contribution < -0.4 is 5.48 Å². The minimum absolute atomic E-state index is 0.308. The molecule has 0 amide bonds. The highest BCUT2D eigenvalue weighted by molar-refractivity contribution is 4.82. The molecule has 13 heavy (non-hydrogen) atoms. The highest BCUT2D eigenvalue weighted by Gasteiger charge is 2.28. The molecule has 0 aromatic carbocycles. The maximum Gasteiger partial charge on any atom is 0.0352 e. The molecule has 1 unspecified atom stereocenters. The van der Waals surface area contributed by atoms with Crippen LogP contribution in [0, 0.1) is 11.3 Å². The van der Waals surface area contributed by atoms with Crippen molar-refractivity contribution in [2.24, 2.45) is 11.3 Å². The molecule has 2 heteroatoms. The molecule has 1 aliphatic rings.